The van der Waals surface area contributed by atoms with Crippen molar-refractivity contribution < 1.29 is 12.4 Å². The van der Waals surface area contributed by atoms with E-state index in [9.17, 15) is 0 Å². The molecule has 0 saturated carbocycles. The Morgan fingerprint density at radius 1 is 0.550 bits per heavy atom. The van der Waals surface area contributed by atoms with E-state index in [0.29, 0.717) is 0 Å². The molecule has 0 aromatic heterocycles. The first-order chi connectivity index (χ1) is 8.24. The molecule has 1 unspecified atom stereocenters. The van der Waals surface area contributed by atoms with Crippen LogP contribution in [-0.4, -0.2) is 24.6 Å². The van der Waals surface area contributed by atoms with Gasteiger partial charge in [0.05, 0.1) is 24.6 Å². The lowest BCUT2D eigenvalue weighted by molar-refractivity contribution is -0.00000434. The second-order valence-corrected chi connectivity index (χ2v) is 10.1. The van der Waals surface area contributed by atoms with Gasteiger partial charge in [-0.1, -0.05) is 53.4 Å². The fourth-order valence-electron chi connectivity index (χ4n) is 2.64. The predicted molar refractivity (Wildman–Crippen MR) is 104 cm³/mol. The van der Waals surface area contributed by atoms with Crippen molar-refractivity contribution in [2.24, 2.45) is 0 Å². The van der Waals surface area contributed by atoms with Crippen LogP contribution >= 0.6 is 29.6 Å². The highest BCUT2D eigenvalue weighted by Crippen LogP contribution is 2.61. The first kappa shape index (κ1) is 29.5. The number of rotatable bonds is 12. The van der Waals surface area contributed by atoms with E-state index in [0.717, 1.165) is 0 Å². The molecule has 128 valence electrons. The first-order valence-corrected chi connectivity index (χ1v) is 10.6. The maximum Gasteiger partial charge on any atom is 0.0594 e. The van der Waals surface area contributed by atoms with Crippen molar-refractivity contribution >= 4 is 29.6 Å². The van der Waals surface area contributed by atoms with Gasteiger partial charge >= 0.3 is 0 Å². The minimum atomic E-state index is -0.562. The molecule has 0 aromatic carbocycles. The molecule has 0 fully saturated rings. The SMILES string of the molecule is CCCC[P+](CCCC)(CCCC)CCCC.Cl.P.[Cl-]. The second kappa shape index (κ2) is 20.4. The molecule has 0 saturated heterocycles. The lowest BCUT2D eigenvalue weighted by atomic mass is 10.4. The van der Waals surface area contributed by atoms with Crippen molar-refractivity contribution in [2.45, 2.75) is 79.1 Å². The molecule has 0 aliphatic rings. The van der Waals surface area contributed by atoms with Crippen molar-refractivity contribution in [3.8, 4) is 0 Å². The first-order valence-electron chi connectivity index (χ1n) is 8.09. The Morgan fingerprint density at radius 3 is 0.900 bits per heavy atom. The van der Waals surface area contributed by atoms with Gasteiger partial charge in [0.2, 0.25) is 0 Å². The largest absolute Gasteiger partial charge is 1.00 e. The van der Waals surface area contributed by atoms with E-state index >= 15 is 0 Å². The Morgan fingerprint density at radius 2 is 0.750 bits per heavy atom. The summed E-state index contributed by atoms with van der Waals surface area (Å²) in [5.41, 5.74) is 0. The van der Waals surface area contributed by atoms with Gasteiger partial charge in [-0.2, -0.15) is 9.90 Å². The van der Waals surface area contributed by atoms with Gasteiger partial charge in [0.25, 0.3) is 0 Å². The Bertz CT molecular complexity index is 129. The monoisotopic (exact) mass is 364 g/mol. The minimum Gasteiger partial charge on any atom is -1.00 e. The summed E-state index contributed by atoms with van der Waals surface area (Å²) in [7, 11) is -0.562. The molecule has 0 bridgehead atoms. The van der Waals surface area contributed by atoms with Gasteiger partial charge in [-0.3, -0.25) is 0 Å². The summed E-state index contributed by atoms with van der Waals surface area (Å²) in [4.78, 5) is 0. The molecule has 0 N–H and O–H groups in total. The summed E-state index contributed by atoms with van der Waals surface area (Å²) in [6.07, 6.45) is 17.9. The quantitative estimate of drug-likeness (QED) is 0.463. The molecule has 0 aliphatic carbocycles. The summed E-state index contributed by atoms with van der Waals surface area (Å²) in [6, 6.07) is 0. The molecule has 0 aromatic rings. The Kier molecular flexibility index (Phi) is 30.1. The van der Waals surface area contributed by atoms with Gasteiger partial charge in [0, 0.05) is 7.26 Å². The number of halogens is 2. The lowest BCUT2D eigenvalue weighted by Crippen LogP contribution is -3.00. The van der Waals surface area contributed by atoms with E-state index in [2.05, 4.69) is 27.7 Å². The Balaban J connectivity index is -0.000000427. The molecule has 0 aliphatic heterocycles. The average molecular weight is 365 g/mol. The van der Waals surface area contributed by atoms with Crippen LogP contribution in [0.25, 0.3) is 0 Å². The van der Waals surface area contributed by atoms with Crippen molar-refractivity contribution in [2.75, 3.05) is 24.6 Å². The standard InChI is InChI=1S/C16H36P.2ClH.H3P/c1-5-9-13-17(14-10-6-2,15-11-7-3)16-12-8-4;;;/h5-16H2,1-4H3;2*1H;1H3/q+1;;;/p-1. The van der Waals surface area contributed by atoms with Crippen molar-refractivity contribution in [3.63, 3.8) is 0 Å². The smallest absolute Gasteiger partial charge is 0.0594 e. The van der Waals surface area contributed by atoms with E-state index in [-0.39, 0.29) is 34.7 Å². The highest BCUT2D eigenvalue weighted by Gasteiger charge is 2.34. The average Bonchev–Trinajstić information content (AvgIpc) is 2.37. The van der Waals surface area contributed by atoms with Crippen LogP contribution in [0.4, 0.5) is 0 Å². The molecule has 4 heteroatoms. The maximum atomic E-state index is 2.36. The number of hydrogen-bond acceptors (Lipinski definition) is 0. The summed E-state index contributed by atoms with van der Waals surface area (Å²) in [6.45, 7) is 9.42. The van der Waals surface area contributed by atoms with Crippen LogP contribution in [0.2, 0.25) is 0 Å². The molecule has 0 nitrogen and oxygen atoms in total. The van der Waals surface area contributed by atoms with Gasteiger partial charge in [0.15, 0.2) is 0 Å². The molecular weight excluding hydrogens is 325 g/mol. The third-order valence-electron chi connectivity index (χ3n) is 3.94. The zero-order chi connectivity index (χ0) is 13.0. The van der Waals surface area contributed by atoms with Gasteiger partial charge in [-0.15, -0.1) is 12.4 Å². The number of unbranched alkanes of at least 4 members (excludes halogenated alkanes) is 4. The topological polar surface area (TPSA) is 0 Å². The zero-order valence-corrected chi connectivity index (χ0v) is 18.3. The Hall–Kier alpha value is 1.44. The molecule has 0 spiro atoms. The summed E-state index contributed by atoms with van der Waals surface area (Å²) in [5.74, 6) is 0. The fourth-order valence-corrected chi connectivity index (χ4v) is 7.93. The fraction of sp³-hybridized carbons (Fsp3) is 1.00. The van der Waals surface area contributed by atoms with Crippen LogP contribution in [0.15, 0.2) is 0 Å². The van der Waals surface area contributed by atoms with E-state index < -0.39 is 7.26 Å². The van der Waals surface area contributed by atoms with Crippen molar-refractivity contribution in [1.29, 1.82) is 0 Å². The third kappa shape index (κ3) is 14.4. The zero-order valence-electron chi connectivity index (χ0n) is 14.4. The van der Waals surface area contributed by atoms with E-state index in [4.69, 9.17) is 0 Å². The van der Waals surface area contributed by atoms with E-state index in [1.807, 2.05) is 0 Å². The van der Waals surface area contributed by atoms with Crippen molar-refractivity contribution in [3.05, 3.63) is 0 Å². The summed E-state index contributed by atoms with van der Waals surface area (Å²) < 4.78 is 0. The molecule has 1 atom stereocenters. The summed E-state index contributed by atoms with van der Waals surface area (Å²) in [5, 5.41) is 0. The van der Waals surface area contributed by atoms with Crippen molar-refractivity contribution in [1.82, 2.24) is 0 Å². The molecule has 20 heavy (non-hydrogen) atoms. The Labute approximate surface area is 145 Å². The lowest BCUT2D eigenvalue weighted by Gasteiger charge is -2.28. The highest BCUT2D eigenvalue weighted by atomic mass is 35.5. The van der Waals surface area contributed by atoms with Gasteiger partial charge in [-0.05, 0) is 25.7 Å². The molecule has 0 amide bonds. The normalized spacial score (nSPS) is 10.2. The van der Waals surface area contributed by atoms with E-state index in [1.165, 1.54) is 51.4 Å². The molecular formula is C16H40Cl2P2. The predicted octanol–water partition coefficient (Wildman–Crippen LogP) is 3.69. The molecule has 0 radical (unpaired) electrons. The second-order valence-electron chi connectivity index (χ2n) is 5.65. The van der Waals surface area contributed by atoms with Gasteiger partial charge in [-0.25, -0.2) is 0 Å². The molecule has 0 heterocycles. The van der Waals surface area contributed by atoms with Crippen LogP contribution in [0.5, 0.6) is 0 Å². The van der Waals surface area contributed by atoms with Crippen LogP contribution < -0.4 is 12.4 Å². The summed E-state index contributed by atoms with van der Waals surface area (Å²) >= 11 is 0. The third-order valence-corrected chi connectivity index (χ3v) is 9.00. The molecule has 0 rings (SSSR count). The van der Waals surface area contributed by atoms with Crippen LogP contribution in [0.1, 0.15) is 79.1 Å². The highest BCUT2D eigenvalue weighted by molar-refractivity contribution is 7.75. The number of hydrogen-bond donors (Lipinski definition) is 0. The van der Waals surface area contributed by atoms with Crippen LogP contribution in [-0.2, 0) is 0 Å². The van der Waals surface area contributed by atoms with Gasteiger partial charge < -0.3 is 12.4 Å². The minimum absolute atomic E-state index is 0. The van der Waals surface area contributed by atoms with Crippen LogP contribution in [0.3, 0.4) is 0 Å². The maximum absolute atomic E-state index is 2.36. The van der Waals surface area contributed by atoms with E-state index in [1.54, 1.807) is 24.6 Å². The van der Waals surface area contributed by atoms with Crippen LogP contribution in [0, 0.1) is 0 Å². The van der Waals surface area contributed by atoms with Gasteiger partial charge in [0.1, 0.15) is 0 Å².